The number of nitrogens with zero attached hydrogens (tertiary/aromatic N) is 2. The Morgan fingerprint density at radius 1 is 1.06 bits per heavy atom. The third kappa shape index (κ3) is 4.73. The van der Waals surface area contributed by atoms with Crippen molar-refractivity contribution in [3.63, 3.8) is 0 Å². The fourth-order valence-corrected chi connectivity index (χ4v) is 5.54. The summed E-state index contributed by atoms with van der Waals surface area (Å²) in [7, 11) is 1.61. The lowest BCUT2D eigenvalue weighted by molar-refractivity contribution is 0.102. The minimum atomic E-state index is -0.361. The molecule has 0 bridgehead atoms. The molecule has 1 aliphatic carbocycles. The number of rotatable bonds is 6. The van der Waals surface area contributed by atoms with Crippen molar-refractivity contribution in [1.82, 2.24) is 15.0 Å². The number of ether oxygens (including phenoxy) is 1. The van der Waals surface area contributed by atoms with Crippen LogP contribution in [0.5, 0.6) is 5.75 Å². The fraction of sp³-hybridized carbons (Fsp3) is 0.296. The lowest BCUT2D eigenvalue weighted by atomic mass is 9.76. The van der Waals surface area contributed by atoms with Crippen LogP contribution in [-0.4, -0.2) is 28.0 Å². The molecule has 2 N–H and O–H groups in total. The van der Waals surface area contributed by atoms with Crippen LogP contribution < -0.4 is 10.1 Å². The number of fused-ring (bicyclic) bond motifs is 1. The van der Waals surface area contributed by atoms with Crippen molar-refractivity contribution in [2.45, 2.75) is 38.0 Å². The molecule has 0 aliphatic heterocycles. The van der Waals surface area contributed by atoms with Gasteiger partial charge in [-0.25, -0.2) is 4.98 Å². The minimum Gasteiger partial charge on any atom is -0.494 e. The Hall–Kier alpha value is -3.09. The van der Waals surface area contributed by atoms with Crippen LogP contribution in [0.25, 0.3) is 11.0 Å². The summed E-state index contributed by atoms with van der Waals surface area (Å²) in [6.07, 6.45) is 8.90. The van der Waals surface area contributed by atoms with E-state index >= 15 is 0 Å². The van der Waals surface area contributed by atoms with Gasteiger partial charge in [0, 0.05) is 18.3 Å². The molecule has 6 nitrogen and oxygen atoms in total. The highest BCUT2D eigenvalue weighted by atomic mass is 35.5. The Morgan fingerprint density at radius 2 is 1.77 bits per heavy atom. The molecule has 2 aromatic heterocycles. The molecule has 1 aliphatic rings. The van der Waals surface area contributed by atoms with Gasteiger partial charge in [-0.05, 0) is 36.5 Å². The topological polar surface area (TPSA) is 79.9 Å². The van der Waals surface area contributed by atoms with Crippen LogP contribution in [0.4, 0.5) is 5.69 Å². The summed E-state index contributed by atoms with van der Waals surface area (Å²) in [5, 5.41) is 3.35. The highest BCUT2D eigenvalue weighted by Gasteiger charge is 2.30. The third-order valence-electron chi connectivity index (χ3n) is 6.76. The Balaban J connectivity index is 1.60. The number of hydrogen-bond acceptors (Lipinski definition) is 4. The number of hydrogen-bond donors (Lipinski definition) is 2. The Kier molecular flexibility index (Phi) is 6.93. The molecular formula is C27H26Cl2N4O2. The molecule has 1 amide bonds. The lowest BCUT2D eigenvalue weighted by Crippen LogP contribution is -2.18. The number of aromatic amines is 1. The number of pyridine rings is 1. The maximum Gasteiger partial charge on any atom is 0.258 e. The van der Waals surface area contributed by atoms with Crippen molar-refractivity contribution in [2.24, 2.45) is 5.92 Å². The van der Waals surface area contributed by atoms with Crippen molar-refractivity contribution in [3.05, 3.63) is 81.9 Å². The molecule has 0 radical (unpaired) electrons. The van der Waals surface area contributed by atoms with Gasteiger partial charge in [-0.15, -0.1) is 0 Å². The minimum absolute atomic E-state index is 0.105. The van der Waals surface area contributed by atoms with Crippen LogP contribution in [0.1, 0.15) is 59.8 Å². The fourth-order valence-electron chi connectivity index (χ4n) is 5.08. The van der Waals surface area contributed by atoms with Gasteiger partial charge >= 0.3 is 0 Å². The van der Waals surface area contributed by atoms with E-state index in [2.05, 4.69) is 39.6 Å². The number of carbonyl (C=O) groups excluding carboxylic acids is 1. The standard InChI is InChI=1S/C27H26Cl2N4O2/c1-35-21-13-12-18(27(34)33-24-19(28)14-30-15-20(24)29)23-25(21)32-26(31-23)22(16-8-4-2-5-9-16)17-10-6-3-7-11-17/h2,4-5,8-9,12-15,17,22H,3,6-7,10-11H2,1H3,(H,31,32)(H,30,33,34)/t22-/m1/s1. The average molecular weight is 509 g/mol. The first-order chi connectivity index (χ1) is 17.1. The number of benzene rings is 2. The molecule has 0 unspecified atom stereocenters. The van der Waals surface area contributed by atoms with Gasteiger partial charge in [-0.2, -0.15) is 0 Å². The van der Waals surface area contributed by atoms with Crippen molar-refractivity contribution >= 4 is 45.8 Å². The van der Waals surface area contributed by atoms with E-state index < -0.39 is 0 Å². The third-order valence-corrected chi connectivity index (χ3v) is 7.33. The van der Waals surface area contributed by atoms with Gasteiger partial charge in [-0.3, -0.25) is 9.78 Å². The lowest BCUT2D eigenvalue weighted by Gasteiger charge is -2.29. The maximum absolute atomic E-state index is 13.3. The normalized spacial score (nSPS) is 15.2. The molecule has 2 aromatic carbocycles. The molecule has 1 saturated carbocycles. The van der Waals surface area contributed by atoms with Gasteiger partial charge in [0.1, 0.15) is 22.6 Å². The first-order valence-electron chi connectivity index (χ1n) is 11.8. The van der Waals surface area contributed by atoms with Crippen LogP contribution in [0.3, 0.4) is 0 Å². The molecule has 5 rings (SSSR count). The van der Waals surface area contributed by atoms with Crippen molar-refractivity contribution in [3.8, 4) is 5.75 Å². The molecule has 2 heterocycles. The highest BCUT2D eigenvalue weighted by Crippen LogP contribution is 2.41. The SMILES string of the molecule is COc1ccc(C(=O)Nc2c(Cl)cncc2Cl)c2nc([C@H](c3ccccc3)C3CCCCC3)[nH]c12. The zero-order valence-corrected chi connectivity index (χ0v) is 20.9. The van der Waals surface area contributed by atoms with Gasteiger partial charge in [0.2, 0.25) is 0 Å². The Labute approximate surface area is 214 Å². The Bertz CT molecular complexity index is 1330. The van der Waals surface area contributed by atoms with Crippen molar-refractivity contribution in [2.75, 3.05) is 12.4 Å². The molecular weight excluding hydrogens is 483 g/mol. The summed E-state index contributed by atoms with van der Waals surface area (Å²) in [6, 6.07) is 14.0. The number of carbonyl (C=O) groups is 1. The predicted octanol–water partition coefficient (Wildman–Crippen LogP) is 7.24. The van der Waals surface area contributed by atoms with E-state index in [9.17, 15) is 4.79 Å². The van der Waals surface area contributed by atoms with Gasteiger partial charge in [0.05, 0.1) is 28.4 Å². The summed E-state index contributed by atoms with van der Waals surface area (Å²) in [5.74, 6) is 1.69. The second kappa shape index (κ2) is 10.3. The second-order valence-electron chi connectivity index (χ2n) is 8.88. The van der Waals surface area contributed by atoms with E-state index in [4.69, 9.17) is 32.9 Å². The average Bonchev–Trinajstić information content (AvgIpc) is 3.32. The molecule has 8 heteroatoms. The first kappa shape index (κ1) is 23.6. The highest BCUT2D eigenvalue weighted by molar-refractivity contribution is 6.39. The van der Waals surface area contributed by atoms with Crippen molar-refractivity contribution < 1.29 is 9.53 Å². The summed E-state index contributed by atoms with van der Waals surface area (Å²) in [6.45, 7) is 0. The summed E-state index contributed by atoms with van der Waals surface area (Å²) >= 11 is 12.4. The number of methoxy groups -OCH3 is 1. The Morgan fingerprint density at radius 3 is 2.46 bits per heavy atom. The first-order valence-corrected chi connectivity index (χ1v) is 12.5. The number of aromatic nitrogens is 3. The zero-order valence-electron chi connectivity index (χ0n) is 19.4. The second-order valence-corrected chi connectivity index (χ2v) is 9.69. The predicted molar refractivity (Wildman–Crippen MR) is 140 cm³/mol. The van der Waals surface area contributed by atoms with Gasteiger partial charge in [-0.1, -0.05) is 72.8 Å². The monoisotopic (exact) mass is 508 g/mol. The molecule has 1 fully saturated rings. The van der Waals surface area contributed by atoms with E-state index in [0.717, 1.165) is 18.7 Å². The number of imidazole rings is 1. The molecule has 1 atom stereocenters. The van der Waals surface area contributed by atoms with E-state index in [1.165, 1.54) is 37.2 Å². The number of halogens is 2. The molecule has 0 saturated heterocycles. The smallest absolute Gasteiger partial charge is 0.258 e. The van der Waals surface area contributed by atoms with Crippen LogP contribution in [0, 0.1) is 5.92 Å². The molecule has 0 spiro atoms. The van der Waals surface area contributed by atoms with Gasteiger partial charge in [0.25, 0.3) is 5.91 Å². The van der Waals surface area contributed by atoms with E-state index in [0.29, 0.717) is 34.0 Å². The van der Waals surface area contributed by atoms with Crippen LogP contribution >= 0.6 is 23.2 Å². The number of H-pyrrole nitrogens is 1. The largest absolute Gasteiger partial charge is 0.494 e. The van der Waals surface area contributed by atoms with E-state index in [-0.39, 0.29) is 21.9 Å². The summed E-state index contributed by atoms with van der Waals surface area (Å²) in [4.78, 5) is 25.8. The molecule has 35 heavy (non-hydrogen) atoms. The van der Waals surface area contributed by atoms with Crippen LogP contribution in [0.15, 0.2) is 54.9 Å². The number of nitrogens with one attached hydrogen (secondary N) is 2. The molecule has 180 valence electrons. The van der Waals surface area contributed by atoms with Crippen LogP contribution in [-0.2, 0) is 0 Å². The summed E-state index contributed by atoms with van der Waals surface area (Å²) < 4.78 is 5.61. The van der Waals surface area contributed by atoms with E-state index in [1.54, 1.807) is 19.2 Å². The van der Waals surface area contributed by atoms with Crippen LogP contribution in [0.2, 0.25) is 10.0 Å². The zero-order chi connectivity index (χ0) is 24.4. The van der Waals surface area contributed by atoms with Gasteiger partial charge in [0.15, 0.2) is 0 Å². The maximum atomic E-state index is 13.3. The number of amides is 1. The van der Waals surface area contributed by atoms with E-state index in [1.807, 2.05) is 6.07 Å². The summed E-state index contributed by atoms with van der Waals surface area (Å²) in [5.41, 5.74) is 3.19. The quantitative estimate of drug-likeness (QED) is 0.287. The molecule has 4 aromatic rings. The number of anilines is 1. The van der Waals surface area contributed by atoms with Crippen molar-refractivity contribution in [1.29, 1.82) is 0 Å². The van der Waals surface area contributed by atoms with Gasteiger partial charge < -0.3 is 15.0 Å².